The van der Waals surface area contributed by atoms with Crippen LogP contribution in [-0.4, -0.2) is 50.4 Å². The molecule has 0 spiro atoms. The summed E-state index contributed by atoms with van der Waals surface area (Å²) in [6.07, 6.45) is 1.69. The molecule has 1 aromatic carbocycles. The molecule has 0 saturated carbocycles. The molecule has 0 unspecified atom stereocenters. The Bertz CT molecular complexity index is 983. The topological polar surface area (TPSA) is 132 Å². The lowest BCUT2D eigenvalue weighted by Crippen LogP contribution is -2.38. The van der Waals surface area contributed by atoms with E-state index in [1.54, 1.807) is 18.2 Å². The Morgan fingerprint density at radius 2 is 1.93 bits per heavy atom. The van der Waals surface area contributed by atoms with E-state index in [0.29, 0.717) is 6.42 Å². The number of benzene rings is 1. The van der Waals surface area contributed by atoms with E-state index in [1.165, 1.54) is 24.5 Å². The lowest BCUT2D eigenvalue weighted by Gasteiger charge is -2.12. The van der Waals surface area contributed by atoms with Crippen molar-refractivity contribution in [3.05, 3.63) is 54.0 Å². The third kappa shape index (κ3) is 4.97. The second-order valence-electron chi connectivity index (χ2n) is 6.22. The van der Waals surface area contributed by atoms with Gasteiger partial charge in [0.05, 0.1) is 29.0 Å². The fraction of sp³-hybridized carbons (Fsp3) is 0.278. The molecule has 1 saturated heterocycles. The predicted molar refractivity (Wildman–Crippen MR) is 98.6 cm³/mol. The molecule has 148 valence electrons. The molecule has 1 fully saturated rings. The zero-order chi connectivity index (χ0) is 20.1. The molecule has 0 aliphatic carbocycles. The van der Waals surface area contributed by atoms with Crippen LogP contribution >= 0.6 is 0 Å². The van der Waals surface area contributed by atoms with Crippen LogP contribution in [0.3, 0.4) is 0 Å². The highest BCUT2D eigenvalue weighted by atomic mass is 32.2. The first kappa shape index (κ1) is 19.6. The van der Waals surface area contributed by atoms with E-state index in [0.717, 1.165) is 0 Å². The first-order valence-electron chi connectivity index (χ1n) is 8.45. The smallest absolute Gasteiger partial charge is 0.340 e. The summed E-state index contributed by atoms with van der Waals surface area (Å²) < 4.78 is 32.8. The molecule has 2 amide bonds. The number of hydrogen-bond donors (Lipinski definition) is 2. The van der Waals surface area contributed by atoms with Crippen LogP contribution in [0.1, 0.15) is 27.3 Å². The van der Waals surface area contributed by atoms with Crippen molar-refractivity contribution < 1.29 is 32.0 Å². The molecule has 2 heterocycles. The van der Waals surface area contributed by atoms with Crippen molar-refractivity contribution in [3.63, 3.8) is 0 Å². The van der Waals surface area contributed by atoms with Crippen LogP contribution in [0.15, 0.2) is 47.1 Å². The standard InChI is InChI=1S/C18H18N2O7S/c21-16(19-12-7-9-28(24,25)11-12)10-27-18(23)13-4-1-2-5-14(13)20-17(22)15-6-3-8-26-15/h1-6,8,12H,7,9-11H2,(H,19,21)(H,20,22)/t12-/m0/s1. The van der Waals surface area contributed by atoms with Gasteiger partial charge in [-0.25, -0.2) is 13.2 Å². The first-order chi connectivity index (χ1) is 13.3. The number of carbonyl (C=O) groups excluding carboxylic acids is 3. The number of anilines is 1. The summed E-state index contributed by atoms with van der Waals surface area (Å²) in [4.78, 5) is 36.3. The summed E-state index contributed by atoms with van der Waals surface area (Å²) in [5.74, 6) is -1.94. The van der Waals surface area contributed by atoms with Gasteiger partial charge >= 0.3 is 5.97 Å². The predicted octanol–water partition coefficient (Wildman–Crippen LogP) is 0.992. The van der Waals surface area contributed by atoms with Gasteiger partial charge in [-0.2, -0.15) is 0 Å². The van der Waals surface area contributed by atoms with Gasteiger partial charge in [0, 0.05) is 6.04 Å². The Balaban J connectivity index is 1.57. The van der Waals surface area contributed by atoms with Crippen molar-refractivity contribution in [2.24, 2.45) is 0 Å². The Hall–Kier alpha value is -3.14. The van der Waals surface area contributed by atoms with E-state index < -0.39 is 40.3 Å². The molecule has 0 bridgehead atoms. The highest BCUT2D eigenvalue weighted by molar-refractivity contribution is 7.91. The maximum absolute atomic E-state index is 12.3. The molecule has 2 aromatic rings. The maximum atomic E-state index is 12.3. The molecular formula is C18H18N2O7S. The van der Waals surface area contributed by atoms with Crippen LogP contribution in [0, 0.1) is 0 Å². The molecule has 1 aliphatic rings. The number of hydrogen-bond acceptors (Lipinski definition) is 7. The number of ether oxygens (including phenoxy) is 1. The summed E-state index contributed by atoms with van der Waals surface area (Å²) >= 11 is 0. The summed E-state index contributed by atoms with van der Waals surface area (Å²) in [5.41, 5.74) is 0.273. The average Bonchev–Trinajstić information content (AvgIpc) is 3.30. The largest absolute Gasteiger partial charge is 0.459 e. The second-order valence-corrected chi connectivity index (χ2v) is 8.45. The van der Waals surface area contributed by atoms with E-state index in [4.69, 9.17) is 9.15 Å². The molecule has 10 heteroatoms. The molecular weight excluding hydrogens is 388 g/mol. The molecule has 28 heavy (non-hydrogen) atoms. The van der Waals surface area contributed by atoms with E-state index in [2.05, 4.69) is 10.6 Å². The molecule has 0 radical (unpaired) electrons. The Labute approximate surface area is 161 Å². The van der Waals surface area contributed by atoms with Crippen molar-refractivity contribution in [2.45, 2.75) is 12.5 Å². The lowest BCUT2D eigenvalue weighted by molar-refractivity contribution is -0.124. The zero-order valence-corrected chi connectivity index (χ0v) is 15.5. The third-order valence-electron chi connectivity index (χ3n) is 4.07. The summed E-state index contributed by atoms with van der Waals surface area (Å²) in [5, 5.41) is 5.08. The number of furan rings is 1. The van der Waals surface area contributed by atoms with Crippen LogP contribution < -0.4 is 10.6 Å². The maximum Gasteiger partial charge on any atom is 0.340 e. The minimum Gasteiger partial charge on any atom is -0.459 e. The molecule has 1 aromatic heterocycles. The van der Waals surface area contributed by atoms with Gasteiger partial charge in [-0.15, -0.1) is 0 Å². The zero-order valence-electron chi connectivity index (χ0n) is 14.7. The van der Waals surface area contributed by atoms with Crippen LogP contribution in [-0.2, 0) is 19.4 Å². The van der Waals surface area contributed by atoms with Gasteiger partial charge < -0.3 is 19.8 Å². The molecule has 2 N–H and O–H groups in total. The van der Waals surface area contributed by atoms with Crippen LogP contribution in [0.2, 0.25) is 0 Å². The minimum atomic E-state index is -3.12. The monoisotopic (exact) mass is 406 g/mol. The fourth-order valence-corrected chi connectivity index (χ4v) is 4.42. The SMILES string of the molecule is O=C(COC(=O)c1ccccc1NC(=O)c1ccco1)N[C@H]1CCS(=O)(=O)C1. The summed E-state index contributed by atoms with van der Waals surface area (Å²) in [7, 11) is -3.12. The molecule has 3 rings (SSSR count). The van der Waals surface area contributed by atoms with Crippen molar-refractivity contribution in [2.75, 3.05) is 23.4 Å². The second kappa shape index (κ2) is 8.26. The number of nitrogens with one attached hydrogen (secondary N) is 2. The quantitative estimate of drug-likeness (QED) is 0.684. The van der Waals surface area contributed by atoms with Crippen LogP contribution in [0.4, 0.5) is 5.69 Å². The normalized spacial score (nSPS) is 17.6. The average molecular weight is 406 g/mol. The van der Waals surface area contributed by atoms with Crippen molar-refractivity contribution in [1.29, 1.82) is 0 Å². The number of para-hydroxylation sites is 1. The first-order valence-corrected chi connectivity index (χ1v) is 10.3. The van der Waals surface area contributed by atoms with Gasteiger partial charge in [0.15, 0.2) is 22.2 Å². The highest BCUT2D eigenvalue weighted by Gasteiger charge is 2.29. The van der Waals surface area contributed by atoms with Crippen LogP contribution in [0.5, 0.6) is 0 Å². The van der Waals surface area contributed by atoms with Gasteiger partial charge in [-0.05, 0) is 30.7 Å². The summed E-state index contributed by atoms with van der Waals surface area (Å²) in [6, 6.07) is 8.73. The summed E-state index contributed by atoms with van der Waals surface area (Å²) in [6.45, 7) is -0.560. The van der Waals surface area contributed by atoms with Crippen LogP contribution in [0.25, 0.3) is 0 Å². The van der Waals surface area contributed by atoms with E-state index >= 15 is 0 Å². The van der Waals surface area contributed by atoms with E-state index in [1.807, 2.05) is 0 Å². The van der Waals surface area contributed by atoms with E-state index in [-0.39, 0.29) is 28.5 Å². The molecule has 1 aliphatic heterocycles. The number of amides is 2. The number of carbonyl (C=O) groups is 3. The van der Waals surface area contributed by atoms with Gasteiger partial charge in [0.1, 0.15) is 0 Å². The van der Waals surface area contributed by atoms with Gasteiger partial charge in [0.2, 0.25) is 0 Å². The molecule has 1 atom stereocenters. The number of rotatable bonds is 6. The third-order valence-corrected chi connectivity index (χ3v) is 5.84. The Morgan fingerprint density at radius 3 is 2.61 bits per heavy atom. The minimum absolute atomic E-state index is 0.0283. The van der Waals surface area contributed by atoms with Gasteiger partial charge in [-0.3, -0.25) is 9.59 Å². The Morgan fingerprint density at radius 1 is 1.14 bits per heavy atom. The number of esters is 1. The van der Waals surface area contributed by atoms with Crippen molar-refractivity contribution in [1.82, 2.24) is 5.32 Å². The van der Waals surface area contributed by atoms with Gasteiger partial charge in [0.25, 0.3) is 11.8 Å². The highest BCUT2D eigenvalue weighted by Crippen LogP contribution is 2.18. The molecule has 9 nitrogen and oxygen atoms in total. The van der Waals surface area contributed by atoms with E-state index in [9.17, 15) is 22.8 Å². The number of sulfone groups is 1. The fourth-order valence-electron chi connectivity index (χ4n) is 2.75. The van der Waals surface area contributed by atoms with Crippen molar-refractivity contribution >= 4 is 33.3 Å². The Kier molecular flexibility index (Phi) is 5.78. The lowest BCUT2D eigenvalue weighted by atomic mass is 10.1. The van der Waals surface area contributed by atoms with Gasteiger partial charge in [-0.1, -0.05) is 12.1 Å². The van der Waals surface area contributed by atoms with Crippen molar-refractivity contribution in [3.8, 4) is 0 Å².